The van der Waals surface area contributed by atoms with E-state index in [-0.39, 0.29) is 10.8 Å². The van der Waals surface area contributed by atoms with Crippen molar-refractivity contribution in [2.24, 2.45) is 0 Å². The number of rotatable bonds is 8. The summed E-state index contributed by atoms with van der Waals surface area (Å²) in [4.78, 5) is 2.50. The lowest BCUT2D eigenvalue weighted by Crippen LogP contribution is -2.17. The van der Waals surface area contributed by atoms with Gasteiger partial charge < -0.3 is 4.90 Å². The first-order valence-corrected chi connectivity index (χ1v) is 23.6. The molecule has 0 fully saturated rings. The summed E-state index contributed by atoms with van der Waals surface area (Å²) in [5.74, 6) is 0. The summed E-state index contributed by atoms with van der Waals surface area (Å²) in [5, 5.41) is 0. The molecule has 0 atom stereocenters. The maximum absolute atomic E-state index is 2.50. The van der Waals surface area contributed by atoms with Gasteiger partial charge in [-0.1, -0.05) is 228 Å². The van der Waals surface area contributed by atoms with Crippen molar-refractivity contribution >= 4 is 17.1 Å². The molecule has 320 valence electrons. The molecule has 1 heteroatoms. The monoisotopic (exact) mass is 857 g/mol. The first-order valence-electron chi connectivity index (χ1n) is 23.6. The summed E-state index contributed by atoms with van der Waals surface area (Å²) >= 11 is 0. The third-order valence-corrected chi connectivity index (χ3v) is 14.7. The van der Waals surface area contributed by atoms with Gasteiger partial charge in [0.15, 0.2) is 0 Å². The molecule has 0 aliphatic heterocycles. The van der Waals surface area contributed by atoms with E-state index in [1.54, 1.807) is 0 Å². The Labute approximate surface area is 395 Å². The molecule has 2 aliphatic rings. The topological polar surface area (TPSA) is 3.24 Å². The van der Waals surface area contributed by atoms with Crippen LogP contribution in [0.3, 0.4) is 0 Å². The van der Waals surface area contributed by atoms with Crippen molar-refractivity contribution < 1.29 is 0 Å². The standard InChI is InChI=1S/C66H51N/c1-65(2)59-30-15-11-25-52(59)54-41-37-48(43-61(54)65)51-24-13-17-32-62(51)67(63-33-18-14-27-55(63)57-29-19-28-56-53-26-12-16-31-60(53)66(3,4)64(56)57)49-38-34-44(35-39-49)47-36-40-50(45-20-7-5-8-21-45)58(42-47)46-22-9-6-10-23-46/h5-43H,1-4H3. The van der Waals surface area contributed by atoms with Crippen molar-refractivity contribution in [2.75, 3.05) is 4.90 Å². The van der Waals surface area contributed by atoms with E-state index in [1.807, 2.05) is 0 Å². The van der Waals surface area contributed by atoms with Crippen LogP contribution < -0.4 is 4.90 Å². The highest BCUT2D eigenvalue weighted by Gasteiger charge is 2.38. The molecule has 0 saturated heterocycles. The molecular formula is C66H51N. The lowest BCUT2D eigenvalue weighted by atomic mass is 9.78. The summed E-state index contributed by atoms with van der Waals surface area (Å²) in [6.45, 7) is 9.51. The fraction of sp³-hybridized carbons (Fsp3) is 0.0909. The van der Waals surface area contributed by atoms with Crippen LogP contribution in [-0.4, -0.2) is 0 Å². The minimum atomic E-state index is -0.177. The van der Waals surface area contributed by atoms with Crippen LogP contribution in [-0.2, 0) is 10.8 Å². The second-order valence-corrected chi connectivity index (χ2v) is 19.2. The lowest BCUT2D eigenvalue weighted by molar-refractivity contribution is 0.660. The SMILES string of the molecule is CC1(C)c2ccccc2-c2ccc(-c3ccccc3N(c3ccc(-c4ccc(-c5ccccc5)c(-c5ccccc5)c4)cc3)c3ccccc3-c3cccc4c3C(C)(C)c3ccccc3-4)cc21. The molecule has 0 unspecified atom stereocenters. The molecule has 10 aromatic carbocycles. The Bertz CT molecular complexity index is 3500. The molecule has 0 radical (unpaired) electrons. The van der Waals surface area contributed by atoms with Crippen LogP contribution in [0.15, 0.2) is 237 Å². The van der Waals surface area contributed by atoms with Gasteiger partial charge in [0, 0.05) is 27.6 Å². The summed E-state index contributed by atoms with van der Waals surface area (Å²) in [5.41, 5.74) is 26.0. The summed E-state index contributed by atoms with van der Waals surface area (Å²) in [7, 11) is 0. The molecule has 10 aromatic rings. The van der Waals surface area contributed by atoms with Gasteiger partial charge in [-0.25, -0.2) is 0 Å². The number of anilines is 3. The first-order chi connectivity index (χ1) is 32.8. The number of benzene rings is 10. The quantitative estimate of drug-likeness (QED) is 0.147. The van der Waals surface area contributed by atoms with E-state index in [4.69, 9.17) is 0 Å². The zero-order valence-electron chi connectivity index (χ0n) is 38.5. The minimum Gasteiger partial charge on any atom is -0.309 e. The molecule has 0 N–H and O–H groups in total. The Morgan fingerprint density at radius 3 is 1.37 bits per heavy atom. The smallest absolute Gasteiger partial charge is 0.0540 e. The number of hydrogen-bond donors (Lipinski definition) is 0. The van der Waals surface area contributed by atoms with Crippen LogP contribution in [0.2, 0.25) is 0 Å². The van der Waals surface area contributed by atoms with Gasteiger partial charge in [0.2, 0.25) is 0 Å². The molecule has 12 rings (SSSR count). The predicted octanol–water partition coefficient (Wildman–Crippen LogP) is 18.1. The highest BCUT2D eigenvalue weighted by atomic mass is 15.1. The zero-order valence-corrected chi connectivity index (χ0v) is 38.5. The van der Waals surface area contributed by atoms with Crippen LogP contribution in [0.25, 0.3) is 77.9 Å². The Morgan fingerprint density at radius 1 is 0.254 bits per heavy atom. The number of nitrogens with zero attached hydrogens (tertiary/aromatic N) is 1. The maximum Gasteiger partial charge on any atom is 0.0540 e. The maximum atomic E-state index is 2.50. The Kier molecular flexibility index (Phi) is 9.59. The Balaban J connectivity index is 1.03. The van der Waals surface area contributed by atoms with E-state index in [0.29, 0.717) is 0 Å². The van der Waals surface area contributed by atoms with Gasteiger partial charge in [0.1, 0.15) is 0 Å². The molecule has 0 spiro atoms. The second-order valence-electron chi connectivity index (χ2n) is 19.2. The zero-order chi connectivity index (χ0) is 45.3. The molecule has 0 amide bonds. The van der Waals surface area contributed by atoms with Crippen molar-refractivity contribution in [2.45, 2.75) is 38.5 Å². The third kappa shape index (κ3) is 6.60. The van der Waals surface area contributed by atoms with Crippen molar-refractivity contribution in [1.82, 2.24) is 0 Å². The van der Waals surface area contributed by atoms with Gasteiger partial charge in [0.05, 0.1) is 11.4 Å². The van der Waals surface area contributed by atoms with Gasteiger partial charge in [-0.2, -0.15) is 0 Å². The summed E-state index contributed by atoms with van der Waals surface area (Å²) < 4.78 is 0. The van der Waals surface area contributed by atoms with Gasteiger partial charge in [-0.15, -0.1) is 0 Å². The second kappa shape index (κ2) is 15.9. The molecule has 0 heterocycles. The molecule has 1 nitrogen and oxygen atoms in total. The number of para-hydroxylation sites is 2. The van der Waals surface area contributed by atoms with Gasteiger partial charge in [-0.05, 0) is 125 Å². The normalized spacial score (nSPS) is 13.6. The highest BCUT2D eigenvalue weighted by molar-refractivity contribution is 5.98. The highest BCUT2D eigenvalue weighted by Crippen LogP contribution is 2.55. The molecule has 0 bridgehead atoms. The number of fused-ring (bicyclic) bond motifs is 6. The molecule has 2 aliphatic carbocycles. The Hall–Kier alpha value is -8.00. The fourth-order valence-electron chi connectivity index (χ4n) is 11.4. The van der Waals surface area contributed by atoms with Crippen LogP contribution in [0.4, 0.5) is 17.1 Å². The van der Waals surface area contributed by atoms with Crippen LogP contribution in [0.1, 0.15) is 49.9 Å². The largest absolute Gasteiger partial charge is 0.309 e. The molecular weight excluding hydrogens is 807 g/mol. The van der Waals surface area contributed by atoms with Crippen molar-refractivity contribution in [3.63, 3.8) is 0 Å². The predicted molar refractivity (Wildman–Crippen MR) is 283 cm³/mol. The Morgan fingerprint density at radius 2 is 0.701 bits per heavy atom. The van der Waals surface area contributed by atoms with E-state index in [1.165, 1.54) is 100 Å². The van der Waals surface area contributed by atoms with E-state index in [0.717, 1.165) is 17.1 Å². The van der Waals surface area contributed by atoms with Crippen LogP contribution in [0, 0.1) is 0 Å². The van der Waals surface area contributed by atoms with E-state index >= 15 is 0 Å². The van der Waals surface area contributed by atoms with Crippen molar-refractivity contribution in [3.05, 3.63) is 259 Å². The average Bonchev–Trinajstić information content (AvgIpc) is 3.76. The van der Waals surface area contributed by atoms with E-state index < -0.39 is 0 Å². The van der Waals surface area contributed by atoms with E-state index in [9.17, 15) is 0 Å². The summed E-state index contributed by atoms with van der Waals surface area (Å²) in [6, 6.07) is 87.5. The van der Waals surface area contributed by atoms with Crippen molar-refractivity contribution in [3.8, 4) is 77.9 Å². The summed E-state index contributed by atoms with van der Waals surface area (Å²) in [6.07, 6.45) is 0. The third-order valence-electron chi connectivity index (χ3n) is 14.7. The van der Waals surface area contributed by atoms with Gasteiger partial charge >= 0.3 is 0 Å². The first kappa shape index (κ1) is 40.5. The average molecular weight is 858 g/mol. The van der Waals surface area contributed by atoms with E-state index in [2.05, 4.69) is 269 Å². The fourth-order valence-corrected chi connectivity index (χ4v) is 11.4. The lowest BCUT2D eigenvalue weighted by Gasteiger charge is -2.32. The molecule has 67 heavy (non-hydrogen) atoms. The van der Waals surface area contributed by atoms with Gasteiger partial charge in [0.25, 0.3) is 0 Å². The molecule has 0 saturated carbocycles. The van der Waals surface area contributed by atoms with Gasteiger partial charge in [-0.3, -0.25) is 0 Å². The van der Waals surface area contributed by atoms with Crippen molar-refractivity contribution in [1.29, 1.82) is 0 Å². The van der Waals surface area contributed by atoms with Crippen LogP contribution in [0.5, 0.6) is 0 Å². The molecule has 0 aromatic heterocycles. The number of hydrogen-bond acceptors (Lipinski definition) is 1. The minimum absolute atomic E-state index is 0.114. The van der Waals surface area contributed by atoms with Crippen LogP contribution >= 0.6 is 0 Å².